The van der Waals surface area contributed by atoms with Gasteiger partial charge in [0.2, 0.25) is 0 Å². The van der Waals surface area contributed by atoms with Crippen LogP contribution in [-0.2, 0) is 0 Å². The largest absolute Gasteiger partial charge is 0.392 e. The highest BCUT2D eigenvalue weighted by Gasteiger charge is 2.18. The summed E-state index contributed by atoms with van der Waals surface area (Å²) in [6, 6.07) is 0. The summed E-state index contributed by atoms with van der Waals surface area (Å²) < 4.78 is 11.7. The van der Waals surface area contributed by atoms with Crippen LogP contribution in [-0.4, -0.2) is 42.4 Å². The molecule has 1 aliphatic rings. The molecule has 0 aliphatic carbocycles. The molecule has 0 amide bonds. The molecule has 1 fully saturated rings. The third-order valence-corrected chi connectivity index (χ3v) is 1.86. The minimum atomic E-state index is -0.243. The Balaban J connectivity index is 2.06. The maximum absolute atomic E-state index is 11.7. The van der Waals surface area contributed by atoms with Crippen LogP contribution in [0.3, 0.4) is 0 Å². The zero-order valence-electron chi connectivity index (χ0n) is 6.09. The molecule has 0 bridgehead atoms. The molecule has 1 aliphatic heterocycles. The Kier molecular flexibility index (Phi) is 3.09. The molecule has 10 heavy (non-hydrogen) atoms. The van der Waals surface area contributed by atoms with Crippen molar-refractivity contribution >= 4 is 0 Å². The van der Waals surface area contributed by atoms with Crippen molar-refractivity contribution in [3.8, 4) is 0 Å². The van der Waals surface area contributed by atoms with Gasteiger partial charge in [-0.1, -0.05) is 0 Å². The number of hydrogen-bond donors (Lipinski definition) is 1. The van der Waals surface area contributed by atoms with Gasteiger partial charge in [-0.25, -0.2) is 0 Å². The molecule has 1 N–H and O–H groups in total. The summed E-state index contributed by atoms with van der Waals surface area (Å²) in [5, 5.41) is 9.06. The first kappa shape index (κ1) is 7.95. The van der Waals surface area contributed by atoms with E-state index in [2.05, 4.69) is 4.90 Å². The van der Waals surface area contributed by atoms with Crippen LogP contribution in [0.5, 0.6) is 0 Å². The van der Waals surface area contributed by atoms with Crippen molar-refractivity contribution in [3.63, 3.8) is 0 Å². The van der Waals surface area contributed by atoms with Crippen LogP contribution in [0.4, 0.5) is 4.39 Å². The number of alkyl halides is 1. The van der Waals surface area contributed by atoms with Crippen LogP contribution in [0.15, 0.2) is 0 Å². The molecule has 3 heteroatoms. The third-order valence-electron chi connectivity index (χ3n) is 1.86. The van der Waals surface area contributed by atoms with Gasteiger partial charge in [-0.3, -0.25) is 4.39 Å². The molecule has 0 aromatic carbocycles. The van der Waals surface area contributed by atoms with E-state index < -0.39 is 0 Å². The molecule has 2 nitrogen and oxygen atoms in total. The lowest BCUT2D eigenvalue weighted by molar-refractivity contribution is 0.175. The lowest BCUT2D eigenvalue weighted by Gasteiger charge is -2.12. The lowest BCUT2D eigenvalue weighted by Crippen LogP contribution is -2.23. The highest BCUT2D eigenvalue weighted by Crippen LogP contribution is 2.08. The average molecular weight is 147 g/mol. The van der Waals surface area contributed by atoms with Crippen LogP contribution in [0.2, 0.25) is 0 Å². The first-order chi connectivity index (χ1) is 4.83. The minimum absolute atomic E-state index is 0.167. The van der Waals surface area contributed by atoms with Crippen molar-refractivity contribution in [3.05, 3.63) is 0 Å². The summed E-state index contributed by atoms with van der Waals surface area (Å²) in [4.78, 5) is 2.10. The number of nitrogens with zero attached hydrogens (tertiary/aromatic N) is 1. The second kappa shape index (κ2) is 3.88. The number of hydrogen-bond acceptors (Lipinski definition) is 2. The van der Waals surface area contributed by atoms with Crippen molar-refractivity contribution in [2.45, 2.75) is 18.9 Å². The van der Waals surface area contributed by atoms with Crippen LogP contribution in [0.25, 0.3) is 0 Å². The van der Waals surface area contributed by atoms with E-state index in [4.69, 9.17) is 5.11 Å². The van der Waals surface area contributed by atoms with Crippen LogP contribution in [0, 0.1) is 0 Å². The standard InChI is InChI=1S/C7H14FNO/c8-3-1-4-9-5-2-7(10)6-9/h7,10H,1-6H2/t7-/m1/s1. The number of likely N-dealkylation sites (tertiary alicyclic amines) is 1. The van der Waals surface area contributed by atoms with Crippen LogP contribution in [0.1, 0.15) is 12.8 Å². The van der Waals surface area contributed by atoms with Crippen molar-refractivity contribution in [1.82, 2.24) is 4.90 Å². The molecule has 1 saturated heterocycles. The molecule has 0 aromatic rings. The molecule has 1 heterocycles. The Morgan fingerprint density at radius 1 is 1.60 bits per heavy atom. The van der Waals surface area contributed by atoms with E-state index in [1.807, 2.05) is 0 Å². The maximum atomic E-state index is 11.7. The molecule has 0 unspecified atom stereocenters. The smallest absolute Gasteiger partial charge is 0.0906 e. The molecular formula is C7H14FNO. The maximum Gasteiger partial charge on any atom is 0.0906 e. The predicted octanol–water partition coefficient (Wildman–Crippen LogP) is 0.413. The monoisotopic (exact) mass is 147 g/mol. The van der Waals surface area contributed by atoms with E-state index in [0.717, 1.165) is 26.1 Å². The summed E-state index contributed by atoms with van der Waals surface area (Å²) in [6.45, 7) is 2.22. The molecule has 0 spiro atoms. The second-order valence-corrected chi connectivity index (χ2v) is 2.79. The minimum Gasteiger partial charge on any atom is -0.392 e. The fraction of sp³-hybridized carbons (Fsp3) is 1.00. The molecular weight excluding hydrogens is 133 g/mol. The lowest BCUT2D eigenvalue weighted by atomic mass is 10.3. The molecule has 1 rings (SSSR count). The summed E-state index contributed by atoms with van der Waals surface area (Å²) in [5.41, 5.74) is 0. The number of halogens is 1. The Morgan fingerprint density at radius 2 is 2.40 bits per heavy atom. The fourth-order valence-corrected chi connectivity index (χ4v) is 1.30. The summed E-state index contributed by atoms with van der Waals surface area (Å²) in [7, 11) is 0. The van der Waals surface area contributed by atoms with E-state index in [9.17, 15) is 4.39 Å². The first-order valence-electron chi connectivity index (χ1n) is 3.79. The van der Waals surface area contributed by atoms with Gasteiger partial charge in [0.05, 0.1) is 12.8 Å². The first-order valence-corrected chi connectivity index (χ1v) is 3.79. The van der Waals surface area contributed by atoms with Gasteiger partial charge in [0.1, 0.15) is 0 Å². The van der Waals surface area contributed by atoms with Crippen molar-refractivity contribution in [1.29, 1.82) is 0 Å². The molecule has 0 aromatic heterocycles. The number of aliphatic hydroxyl groups excluding tert-OH is 1. The highest BCUT2D eigenvalue weighted by atomic mass is 19.1. The number of β-amino-alcohol motifs (C(OH)–C–C–N with tert-alkyl or cyclic N) is 1. The van der Waals surface area contributed by atoms with Gasteiger partial charge in [0, 0.05) is 19.6 Å². The van der Waals surface area contributed by atoms with Crippen LogP contribution < -0.4 is 0 Å². The quantitative estimate of drug-likeness (QED) is 0.625. The summed E-state index contributed by atoms with van der Waals surface area (Å²) in [6.07, 6.45) is 1.29. The van der Waals surface area contributed by atoms with Gasteiger partial charge in [0.15, 0.2) is 0 Å². The van der Waals surface area contributed by atoms with E-state index in [0.29, 0.717) is 6.42 Å². The summed E-state index contributed by atoms with van der Waals surface area (Å²) in [5.74, 6) is 0. The zero-order valence-corrected chi connectivity index (χ0v) is 6.09. The van der Waals surface area contributed by atoms with Crippen molar-refractivity contribution in [2.24, 2.45) is 0 Å². The topological polar surface area (TPSA) is 23.5 Å². The Labute approximate surface area is 60.6 Å². The van der Waals surface area contributed by atoms with E-state index in [1.54, 1.807) is 0 Å². The summed E-state index contributed by atoms with van der Waals surface area (Å²) >= 11 is 0. The Bertz CT molecular complexity index is 99.6. The second-order valence-electron chi connectivity index (χ2n) is 2.79. The zero-order chi connectivity index (χ0) is 7.40. The molecule has 0 saturated carbocycles. The normalized spacial score (nSPS) is 27.6. The van der Waals surface area contributed by atoms with Crippen LogP contribution >= 0.6 is 0 Å². The van der Waals surface area contributed by atoms with E-state index in [1.165, 1.54) is 0 Å². The SMILES string of the molecule is O[C@@H]1CCN(CCCF)C1. The van der Waals surface area contributed by atoms with E-state index >= 15 is 0 Å². The molecule has 0 radical (unpaired) electrons. The fourth-order valence-electron chi connectivity index (χ4n) is 1.30. The Morgan fingerprint density at radius 3 is 2.90 bits per heavy atom. The third kappa shape index (κ3) is 2.23. The predicted molar refractivity (Wildman–Crippen MR) is 37.7 cm³/mol. The van der Waals surface area contributed by atoms with Gasteiger partial charge in [-0.15, -0.1) is 0 Å². The van der Waals surface area contributed by atoms with Crippen molar-refractivity contribution in [2.75, 3.05) is 26.3 Å². The number of aliphatic hydroxyl groups is 1. The Hall–Kier alpha value is -0.150. The van der Waals surface area contributed by atoms with Gasteiger partial charge in [-0.05, 0) is 12.8 Å². The van der Waals surface area contributed by atoms with Gasteiger partial charge in [-0.2, -0.15) is 0 Å². The molecule has 60 valence electrons. The van der Waals surface area contributed by atoms with Gasteiger partial charge >= 0.3 is 0 Å². The molecule has 1 atom stereocenters. The number of rotatable bonds is 3. The highest BCUT2D eigenvalue weighted by molar-refractivity contribution is 4.73. The van der Waals surface area contributed by atoms with Gasteiger partial charge < -0.3 is 10.0 Å². The van der Waals surface area contributed by atoms with E-state index in [-0.39, 0.29) is 12.8 Å². The average Bonchev–Trinajstić information content (AvgIpc) is 2.31. The van der Waals surface area contributed by atoms with Gasteiger partial charge in [0.25, 0.3) is 0 Å². The van der Waals surface area contributed by atoms with Crippen molar-refractivity contribution < 1.29 is 9.50 Å².